The molecule has 2 aromatic heterocycles. The number of imidazole rings is 2. The van der Waals surface area contributed by atoms with Gasteiger partial charge in [-0.15, -0.1) is 0 Å². The van der Waals surface area contributed by atoms with Gasteiger partial charge < -0.3 is 9.97 Å². The Morgan fingerprint density at radius 1 is 0.389 bits per heavy atom. The number of H-pyrrole nitrogens is 2. The van der Waals surface area contributed by atoms with Crippen molar-refractivity contribution >= 4 is 22.1 Å². The average Bonchev–Trinajstić information content (AvgIpc) is 3.51. The topological polar surface area (TPSA) is 57.4 Å². The molecule has 2 heterocycles. The first-order valence-corrected chi connectivity index (χ1v) is 14.8. The molecule has 2 N–H and O–H groups in total. The molecule has 0 unspecified atom stereocenters. The summed E-state index contributed by atoms with van der Waals surface area (Å²) >= 11 is 0. The van der Waals surface area contributed by atoms with Gasteiger partial charge in [-0.2, -0.15) is 0 Å². The van der Waals surface area contributed by atoms with Gasteiger partial charge >= 0.3 is 0 Å². The van der Waals surface area contributed by atoms with E-state index in [0.717, 1.165) is 35.5 Å². The highest BCUT2D eigenvalue weighted by molar-refractivity contribution is 5.75. The van der Waals surface area contributed by atoms with E-state index in [-0.39, 0.29) is 0 Å². The van der Waals surface area contributed by atoms with Crippen molar-refractivity contribution in [1.29, 1.82) is 0 Å². The second-order valence-electron chi connectivity index (χ2n) is 10.6. The zero-order valence-electron chi connectivity index (χ0n) is 22.2. The van der Waals surface area contributed by atoms with Gasteiger partial charge in [-0.3, -0.25) is 0 Å². The Morgan fingerprint density at radius 3 is 1.03 bits per heavy atom. The van der Waals surface area contributed by atoms with E-state index in [1.165, 1.54) is 114 Å². The highest BCUT2D eigenvalue weighted by Gasteiger charge is 2.03. The standard InChI is InChI=1S/C32H46N4/c1(3-5-7-9-11-13-15-25-31-33-27-21-17-18-22-28(27)34-31)2-4-6-8-10-12-14-16-26-32-35-29-23-19-20-24-30(29)36-32/h17-24H,1-16,25-26H2,(H,33,34)(H,35,36). The predicted octanol–water partition coefficient (Wildman–Crippen LogP) is 9.47. The van der Waals surface area contributed by atoms with Crippen LogP contribution in [0.2, 0.25) is 0 Å². The smallest absolute Gasteiger partial charge is 0.107 e. The summed E-state index contributed by atoms with van der Waals surface area (Å²) in [5, 5.41) is 0. The highest BCUT2D eigenvalue weighted by atomic mass is 14.9. The summed E-state index contributed by atoms with van der Waals surface area (Å²) in [5.41, 5.74) is 4.52. The zero-order chi connectivity index (χ0) is 24.7. The van der Waals surface area contributed by atoms with Crippen LogP contribution in [-0.4, -0.2) is 19.9 Å². The molecule has 4 rings (SSSR count). The molecule has 4 nitrogen and oxygen atoms in total. The quantitative estimate of drug-likeness (QED) is 0.130. The van der Waals surface area contributed by atoms with Crippen LogP contribution in [0.4, 0.5) is 0 Å². The van der Waals surface area contributed by atoms with Gasteiger partial charge in [-0.1, -0.05) is 114 Å². The first kappa shape index (κ1) is 26.4. The minimum absolute atomic E-state index is 1.08. The van der Waals surface area contributed by atoms with Crippen LogP contribution in [0, 0.1) is 0 Å². The van der Waals surface area contributed by atoms with Crippen molar-refractivity contribution in [1.82, 2.24) is 19.9 Å². The molecule has 36 heavy (non-hydrogen) atoms. The Kier molecular flexibility index (Phi) is 11.4. The molecule has 0 amide bonds. The van der Waals surface area contributed by atoms with Gasteiger partial charge in [0.05, 0.1) is 22.1 Å². The van der Waals surface area contributed by atoms with Gasteiger partial charge in [-0.25, -0.2) is 9.97 Å². The number of nitrogens with one attached hydrogen (secondary N) is 2. The van der Waals surface area contributed by atoms with E-state index >= 15 is 0 Å². The summed E-state index contributed by atoms with van der Waals surface area (Å²) in [4.78, 5) is 16.3. The average molecular weight is 487 g/mol. The van der Waals surface area contributed by atoms with E-state index in [9.17, 15) is 0 Å². The van der Waals surface area contributed by atoms with E-state index in [4.69, 9.17) is 0 Å². The lowest BCUT2D eigenvalue weighted by molar-refractivity contribution is 0.527. The molecule has 0 aliphatic carbocycles. The summed E-state index contributed by atoms with van der Waals surface area (Å²) in [6.07, 6.45) is 24.3. The third kappa shape index (κ3) is 9.11. The van der Waals surface area contributed by atoms with Crippen molar-refractivity contribution in [2.45, 2.75) is 116 Å². The summed E-state index contributed by atoms with van der Waals surface area (Å²) < 4.78 is 0. The maximum absolute atomic E-state index is 4.68. The van der Waals surface area contributed by atoms with Crippen LogP contribution in [0.25, 0.3) is 22.1 Å². The Hall–Kier alpha value is -2.62. The van der Waals surface area contributed by atoms with Crippen LogP contribution in [0.15, 0.2) is 48.5 Å². The molecule has 2 aromatic carbocycles. The Morgan fingerprint density at radius 2 is 0.694 bits per heavy atom. The third-order valence-corrected chi connectivity index (χ3v) is 7.45. The highest BCUT2D eigenvalue weighted by Crippen LogP contribution is 2.16. The SMILES string of the molecule is c1ccc2[nH]c(CCCCCCCCCCCCCCCCCCc3nc4ccccc4[nH]3)nc2c1. The van der Waals surface area contributed by atoms with Gasteiger partial charge in [-0.05, 0) is 37.1 Å². The molecule has 0 saturated carbocycles. The van der Waals surface area contributed by atoms with Crippen LogP contribution < -0.4 is 0 Å². The lowest BCUT2D eigenvalue weighted by Crippen LogP contribution is -1.89. The molecular formula is C32H46N4. The van der Waals surface area contributed by atoms with Gasteiger partial charge in [0.1, 0.15) is 11.6 Å². The van der Waals surface area contributed by atoms with Gasteiger partial charge in [0.15, 0.2) is 0 Å². The molecule has 0 spiro atoms. The molecule has 0 aliphatic rings. The van der Waals surface area contributed by atoms with Gasteiger partial charge in [0, 0.05) is 12.8 Å². The van der Waals surface area contributed by atoms with E-state index in [2.05, 4.69) is 68.5 Å². The molecule has 0 atom stereocenters. The summed E-state index contributed by atoms with van der Waals surface area (Å²) in [7, 11) is 0. The number of aromatic amines is 2. The van der Waals surface area contributed by atoms with Crippen LogP contribution >= 0.6 is 0 Å². The third-order valence-electron chi connectivity index (χ3n) is 7.45. The molecular weight excluding hydrogens is 440 g/mol. The first-order valence-electron chi connectivity index (χ1n) is 14.8. The molecule has 194 valence electrons. The number of unbranched alkanes of at least 4 members (excludes halogenated alkanes) is 15. The number of aryl methyl sites for hydroxylation is 2. The Labute approximate surface area is 217 Å². The first-order chi connectivity index (χ1) is 17.9. The number of aromatic nitrogens is 4. The van der Waals surface area contributed by atoms with Crippen LogP contribution in [0.5, 0.6) is 0 Å². The fourth-order valence-electron chi connectivity index (χ4n) is 5.31. The normalized spacial score (nSPS) is 11.7. The zero-order valence-corrected chi connectivity index (χ0v) is 22.2. The number of fused-ring (bicyclic) bond motifs is 2. The van der Waals surface area contributed by atoms with Crippen molar-refractivity contribution in [3.8, 4) is 0 Å². The Bertz CT molecular complexity index is 969. The minimum atomic E-state index is 1.08. The molecule has 0 fully saturated rings. The number of para-hydroxylation sites is 4. The van der Waals surface area contributed by atoms with Crippen molar-refractivity contribution in [2.24, 2.45) is 0 Å². The summed E-state index contributed by atoms with van der Waals surface area (Å²) in [5.74, 6) is 2.30. The predicted molar refractivity (Wildman–Crippen MR) is 153 cm³/mol. The lowest BCUT2D eigenvalue weighted by atomic mass is 10.0. The number of benzene rings is 2. The maximum Gasteiger partial charge on any atom is 0.107 e. The van der Waals surface area contributed by atoms with Gasteiger partial charge in [0.25, 0.3) is 0 Å². The second kappa shape index (κ2) is 15.5. The van der Waals surface area contributed by atoms with Gasteiger partial charge in [0.2, 0.25) is 0 Å². The summed E-state index contributed by atoms with van der Waals surface area (Å²) in [6, 6.07) is 16.6. The molecule has 0 bridgehead atoms. The second-order valence-corrected chi connectivity index (χ2v) is 10.6. The monoisotopic (exact) mass is 486 g/mol. The van der Waals surface area contributed by atoms with Crippen LogP contribution in [0.1, 0.15) is 114 Å². The van der Waals surface area contributed by atoms with E-state index in [1.807, 2.05) is 0 Å². The molecule has 0 radical (unpaired) electrons. The number of rotatable bonds is 19. The number of hydrogen-bond donors (Lipinski definition) is 2. The van der Waals surface area contributed by atoms with E-state index in [0.29, 0.717) is 0 Å². The minimum Gasteiger partial charge on any atom is -0.342 e. The largest absolute Gasteiger partial charge is 0.342 e. The molecule has 0 saturated heterocycles. The number of hydrogen-bond acceptors (Lipinski definition) is 2. The van der Waals surface area contributed by atoms with Crippen molar-refractivity contribution < 1.29 is 0 Å². The maximum atomic E-state index is 4.68. The lowest BCUT2D eigenvalue weighted by Gasteiger charge is -2.04. The van der Waals surface area contributed by atoms with E-state index < -0.39 is 0 Å². The van der Waals surface area contributed by atoms with Crippen LogP contribution in [0.3, 0.4) is 0 Å². The van der Waals surface area contributed by atoms with Crippen molar-refractivity contribution in [2.75, 3.05) is 0 Å². The fourth-order valence-corrected chi connectivity index (χ4v) is 5.31. The van der Waals surface area contributed by atoms with E-state index in [1.54, 1.807) is 0 Å². The van der Waals surface area contributed by atoms with Crippen molar-refractivity contribution in [3.63, 3.8) is 0 Å². The molecule has 0 aliphatic heterocycles. The summed E-state index contributed by atoms with van der Waals surface area (Å²) in [6.45, 7) is 0. The van der Waals surface area contributed by atoms with Crippen molar-refractivity contribution in [3.05, 3.63) is 60.2 Å². The number of nitrogens with zero attached hydrogens (tertiary/aromatic N) is 2. The Balaban J connectivity index is 0.869. The molecule has 4 heteroatoms. The van der Waals surface area contributed by atoms with Crippen LogP contribution in [-0.2, 0) is 12.8 Å². The fraction of sp³-hybridized carbons (Fsp3) is 0.562. The molecule has 4 aromatic rings.